The van der Waals surface area contributed by atoms with Crippen molar-refractivity contribution in [1.82, 2.24) is 10.3 Å². The Morgan fingerprint density at radius 2 is 2.29 bits per heavy atom. The highest BCUT2D eigenvalue weighted by Gasteiger charge is 2.16. The van der Waals surface area contributed by atoms with Crippen LogP contribution < -0.4 is 11.1 Å². The molecule has 0 saturated carbocycles. The minimum atomic E-state index is -0.169. The maximum absolute atomic E-state index is 12.3. The van der Waals surface area contributed by atoms with E-state index in [1.54, 1.807) is 17.6 Å². The van der Waals surface area contributed by atoms with Crippen molar-refractivity contribution in [2.24, 2.45) is 0 Å². The van der Waals surface area contributed by atoms with Gasteiger partial charge in [-0.05, 0) is 25.1 Å². The van der Waals surface area contributed by atoms with Crippen molar-refractivity contribution in [1.29, 1.82) is 0 Å². The molecule has 0 aliphatic heterocycles. The number of halogens is 1. The molecule has 4 nitrogen and oxygen atoms in total. The number of anilines is 1. The number of amides is 1. The number of nitrogens with one attached hydrogen (secondary N) is 1. The SMILES string of the molecule is Cc1ncsc1CNC(=O)c1sc2ccc(Cl)cc2c1N. The van der Waals surface area contributed by atoms with E-state index in [1.165, 1.54) is 22.7 Å². The summed E-state index contributed by atoms with van der Waals surface area (Å²) < 4.78 is 0.955. The summed E-state index contributed by atoms with van der Waals surface area (Å²) >= 11 is 8.87. The van der Waals surface area contributed by atoms with Gasteiger partial charge in [-0.1, -0.05) is 11.6 Å². The van der Waals surface area contributed by atoms with Crippen LogP contribution in [-0.2, 0) is 6.54 Å². The first-order chi connectivity index (χ1) is 10.1. The van der Waals surface area contributed by atoms with Gasteiger partial charge in [0.15, 0.2) is 0 Å². The van der Waals surface area contributed by atoms with Crippen molar-refractivity contribution in [3.8, 4) is 0 Å². The molecule has 0 aliphatic carbocycles. The maximum atomic E-state index is 12.3. The van der Waals surface area contributed by atoms with Crippen LogP contribution in [0.2, 0.25) is 5.02 Å². The summed E-state index contributed by atoms with van der Waals surface area (Å²) in [5.74, 6) is -0.169. The summed E-state index contributed by atoms with van der Waals surface area (Å²) in [5, 5.41) is 4.32. The smallest absolute Gasteiger partial charge is 0.263 e. The van der Waals surface area contributed by atoms with Crippen LogP contribution in [0, 0.1) is 6.92 Å². The number of rotatable bonds is 3. The molecule has 0 atom stereocenters. The average molecular weight is 338 g/mol. The molecule has 21 heavy (non-hydrogen) atoms. The van der Waals surface area contributed by atoms with E-state index in [0.717, 1.165) is 20.7 Å². The maximum Gasteiger partial charge on any atom is 0.263 e. The topological polar surface area (TPSA) is 68.0 Å². The van der Waals surface area contributed by atoms with E-state index in [2.05, 4.69) is 10.3 Å². The third-order valence-electron chi connectivity index (χ3n) is 3.15. The number of benzene rings is 1. The molecule has 0 saturated heterocycles. The summed E-state index contributed by atoms with van der Waals surface area (Å²) in [6.07, 6.45) is 0. The van der Waals surface area contributed by atoms with E-state index < -0.39 is 0 Å². The van der Waals surface area contributed by atoms with E-state index in [-0.39, 0.29) is 5.91 Å². The molecule has 0 unspecified atom stereocenters. The van der Waals surface area contributed by atoms with Gasteiger partial charge in [0.1, 0.15) is 4.88 Å². The molecule has 0 bridgehead atoms. The van der Waals surface area contributed by atoms with Crippen LogP contribution in [0.15, 0.2) is 23.7 Å². The number of aryl methyl sites for hydroxylation is 1. The molecule has 108 valence electrons. The standard InChI is InChI=1S/C14H12ClN3OS2/c1-7-11(20-6-18-7)5-17-14(19)13-12(16)9-4-8(15)2-3-10(9)21-13/h2-4,6H,5,16H2,1H3,(H,17,19). The largest absolute Gasteiger partial charge is 0.397 e. The zero-order valence-corrected chi connectivity index (χ0v) is 13.5. The molecular weight excluding hydrogens is 326 g/mol. The first-order valence-corrected chi connectivity index (χ1v) is 8.28. The number of nitrogens with two attached hydrogens (primary N) is 1. The van der Waals surface area contributed by atoms with Crippen LogP contribution in [0.1, 0.15) is 20.2 Å². The number of nitrogens with zero attached hydrogens (tertiary/aromatic N) is 1. The second-order valence-electron chi connectivity index (χ2n) is 4.53. The number of fused-ring (bicyclic) bond motifs is 1. The monoisotopic (exact) mass is 337 g/mol. The van der Waals surface area contributed by atoms with Gasteiger partial charge in [0, 0.05) is 20.0 Å². The van der Waals surface area contributed by atoms with Crippen LogP contribution in [0.5, 0.6) is 0 Å². The normalized spacial score (nSPS) is 11.0. The highest BCUT2D eigenvalue weighted by Crippen LogP contribution is 2.35. The van der Waals surface area contributed by atoms with E-state index in [0.29, 0.717) is 22.1 Å². The summed E-state index contributed by atoms with van der Waals surface area (Å²) in [7, 11) is 0. The van der Waals surface area contributed by atoms with E-state index >= 15 is 0 Å². The second kappa shape index (κ2) is 5.63. The van der Waals surface area contributed by atoms with Crippen molar-refractivity contribution >= 4 is 56.0 Å². The van der Waals surface area contributed by atoms with Crippen LogP contribution in [-0.4, -0.2) is 10.9 Å². The predicted octanol–water partition coefficient (Wildman–Crippen LogP) is 3.83. The third-order valence-corrected chi connectivity index (χ3v) is 5.50. The number of thiazole rings is 1. The molecule has 0 fully saturated rings. The molecule has 7 heteroatoms. The van der Waals surface area contributed by atoms with Gasteiger partial charge in [-0.25, -0.2) is 4.98 Å². The van der Waals surface area contributed by atoms with Gasteiger partial charge in [0.2, 0.25) is 0 Å². The van der Waals surface area contributed by atoms with Gasteiger partial charge in [0.05, 0.1) is 23.4 Å². The average Bonchev–Trinajstić information content (AvgIpc) is 3.01. The second-order valence-corrected chi connectivity index (χ2v) is 6.96. The van der Waals surface area contributed by atoms with E-state index in [4.69, 9.17) is 17.3 Å². The third kappa shape index (κ3) is 2.74. The highest BCUT2D eigenvalue weighted by molar-refractivity contribution is 7.21. The molecule has 1 amide bonds. The Hall–Kier alpha value is -1.63. The Bertz CT molecular complexity index is 825. The highest BCUT2D eigenvalue weighted by atomic mass is 35.5. The molecule has 3 rings (SSSR count). The molecule has 0 radical (unpaired) electrons. The Morgan fingerprint density at radius 3 is 3.00 bits per heavy atom. The number of aromatic nitrogens is 1. The molecule has 1 aromatic carbocycles. The Balaban J connectivity index is 1.84. The lowest BCUT2D eigenvalue weighted by molar-refractivity contribution is 0.0956. The van der Waals surface area contributed by atoms with E-state index in [9.17, 15) is 4.79 Å². The number of carbonyl (C=O) groups is 1. The van der Waals surface area contributed by atoms with Crippen LogP contribution in [0.25, 0.3) is 10.1 Å². The van der Waals surface area contributed by atoms with Gasteiger partial charge in [-0.3, -0.25) is 4.79 Å². The van der Waals surface area contributed by atoms with Crippen molar-refractivity contribution in [2.45, 2.75) is 13.5 Å². The number of hydrogen-bond acceptors (Lipinski definition) is 5. The Morgan fingerprint density at radius 1 is 1.48 bits per heavy atom. The van der Waals surface area contributed by atoms with Crippen molar-refractivity contribution in [3.63, 3.8) is 0 Å². The fourth-order valence-corrected chi connectivity index (χ4v) is 3.90. The van der Waals surface area contributed by atoms with Crippen molar-refractivity contribution < 1.29 is 4.79 Å². The van der Waals surface area contributed by atoms with Gasteiger partial charge < -0.3 is 11.1 Å². The fraction of sp³-hybridized carbons (Fsp3) is 0.143. The summed E-state index contributed by atoms with van der Waals surface area (Å²) in [4.78, 5) is 18.0. The van der Waals surface area contributed by atoms with Crippen molar-refractivity contribution in [2.75, 3.05) is 5.73 Å². The quantitative estimate of drug-likeness (QED) is 0.763. The first-order valence-electron chi connectivity index (χ1n) is 6.21. The zero-order chi connectivity index (χ0) is 15.0. The minimum Gasteiger partial charge on any atom is -0.397 e. The number of thiophene rings is 1. The molecule has 3 N–H and O–H groups in total. The Labute approximate surface area is 134 Å². The molecule has 2 heterocycles. The molecule has 2 aromatic heterocycles. The summed E-state index contributed by atoms with van der Waals surface area (Å²) in [6, 6.07) is 5.46. The summed E-state index contributed by atoms with van der Waals surface area (Å²) in [6.45, 7) is 2.39. The number of carbonyl (C=O) groups excluding carboxylic acids is 1. The summed E-state index contributed by atoms with van der Waals surface area (Å²) in [5.41, 5.74) is 9.26. The van der Waals surface area contributed by atoms with Crippen LogP contribution in [0.3, 0.4) is 0 Å². The molecule has 0 spiro atoms. The number of nitrogen functional groups attached to an aromatic ring is 1. The van der Waals surface area contributed by atoms with Crippen LogP contribution in [0.4, 0.5) is 5.69 Å². The fourth-order valence-electron chi connectivity index (χ4n) is 1.99. The predicted molar refractivity (Wildman–Crippen MR) is 89.3 cm³/mol. The minimum absolute atomic E-state index is 0.169. The Kier molecular flexibility index (Phi) is 3.84. The molecular formula is C14H12ClN3OS2. The lowest BCUT2D eigenvalue weighted by Crippen LogP contribution is -2.22. The molecule has 3 aromatic rings. The van der Waals surface area contributed by atoms with Gasteiger partial charge in [-0.2, -0.15) is 0 Å². The zero-order valence-electron chi connectivity index (χ0n) is 11.1. The lowest BCUT2D eigenvalue weighted by Gasteiger charge is -2.03. The van der Waals surface area contributed by atoms with Crippen molar-refractivity contribution in [3.05, 3.63) is 44.2 Å². The molecule has 0 aliphatic rings. The number of hydrogen-bond donors (Lipinski definition) is 2. The lowest BCUT2D eigenvalue weighted by atomic mass is 10.2. The van der Waals surface area contributed by atoms with E-state index in [1.807, 2.05) is 13.0 Å². The van der Waals surface area contributed by atoms with Gasteiger partial charge >= 0.3 is 0 Å². The van der Waals surface area contributed by atoms with Gasteiger partial charge in [-0.15, -0.1) is 22.7 Å². The first kappa shape index (κ1) is 14.3. The van der Waals surface area contributed by atoms with Crippen LogP contribution >= 0.6 is 34.3 Å². The van der Waals surface area contributed by atoms with Gasteiger partial charge in [0.25, 0.3) is 5.91 Å².